The maximum Gasteiger partial charge on any atom is 0.0447 e. The van der Waals surface area contributed by atoms with Crippen LogP contribution < -0.4 is 0 Å². The summed E-state index contributed by atoms with van der Waals surface area (Å²) in [5, 5.41) is 0. The van der Waals surface area contributed by atoms with Gasteiger partial charge in [0.15, 0.2) is 0 Å². The Morgan fingerprint density at radius 2 is 1.30 bits per heavy atom. The molecule has 1 aliphatic carbocycles. The summed E-state index contributed by atoms with van der Waals surface area (Å²) in [5.41, 5.74) is -0.0799. The molecule has 1 rings (SSSR count). The van der Waals surface area contributed by atoms with Crippen molar-refractivity contribution in [2.24, 2.45) is 10.8 Å². The van der Waals surface area contributed by atoms with E-state index < -0.39 is 0 Å². The van der Waals surface area contributed by atoms with Gasteiger partial charge in [-0.1, -0.05) is 11.8 Å². The van der Waals surface area contributed by atoms with Crippen LogP contribution in [0.3, 0.4) is 0 Å². The predicted molar refractivity (Wildman–Crippen MR) is 43.1 cm³/mol. The summed E-state index contributed by atoms with van der Waals surface area (Å²) in [6, 6.07) is 0. The fraction of sp³-hybridized carbons (Fsp3) is 0.600. The first kappa shape index (κ1) is 7.23. The van der Waals surface area contributed by atoms with Crippen molar-refractivity contribution in [1.29, 1.82) is 0 Å². The Morgan fingerprint density at radius 1 is 1.00 bits per heavy atom. The van der Waals surface area contributed by atoms with Gasteiger partial charge in [0.25, 0.3) is 0 Å². The second kappa shape index (κ2) is 1.80. The Kier molecular flexibility index (Phi) is 1.30. The summed E-state index contributed by atoms with van der Waals surface area (Å²) in [7, 11) is 0. The van der Waals surface area contributed by atoms with Gasteiger partial charge in [0.2, 0.25) is 0 Å². The number of rotatable bonds is 0. The Balaban J connectivity index is 2.90. The van der Waals surface area contributed by atoms with Crippen molar-refractivity contribution in [1.82, 2.24) is 0 Å². The standard InChI is InChI=1S/C10H12/c1-5-9(3)7-8-10(9,4)6-2/h1-2H,7-8H2,3-4H3/t9-,10+. The van der Waals surface area contributed by atoms with E-state index in [-0.39, 0.29) is 10.8 Å². The molecule has 2 atom stereocenters. The molecule has 1 fully saturated rings. The molecule has 0 aromatic rings. The molecule has 0 aliphatic heterocycles. The molecule has 0 heterocycles. The summed E-state index contributed by atoms with van der Waals surface area (Å²) in [4.78, 5) is 0. The maximum absolute atomic E-state index is 5.37. The lowest BCUT2D eigenvalue weighted by molar-refractivity contribution is 0.0634. The van der Waals surface area contributed by atoms with Crippen LogP contribution in [0.25, 0.3) is 0 Å². The molecule has 0 aromatic carbocycles. The normalized spacial score (nSPS) is 44.8. The van der Waals surface area contributed by atoms with Crippen LogP contribution in [0.15, 0.2) is 0 Å². The molecule has 52 valence electrons. The topological polar surface area (TPSA) is 0 Å². The molecule has 0 unspecified atom stereocenters. The zero-order valence-corrected chi connectivity index (χ0v) is 6.57. The Bertz CT molecular complexity index is 199. The largest absolute Gasteiger partial charge is 0.119 e. The van der Waals surface area contributed by atoms with Gasteiger partial charge in [-0.05, 0) is 26.7 Å². The van der Waals surface area contributed by atoms with E-state index in [1.54, 1.807) is 0 Å². The first-order valence-corrected chi connectivity index (χ1v) is 3.53. The molecule has 0 nitrogen and oxygen atoms in total. The van der Waals surface area contributed by atoms with Crippen LogP contribution in [0, 0.1) is 35.5 Å². The van der Waals surface area contributed by atoms with Crippen LogP contribution in [0.1, 0.15) is 26.7 Å². The first-order valence-electron chi connectivity index (χ1n) is 3.53. The average Bonchev–Trinajstić information content (AvgIpc) is 1.99. The van der Waals surface area contributed by atoms with Crippen molar-refractivity contribution >= 4 is 0 Å². The van der Waals surface area contributed by atoms with Gasteiger partial charge in [-0.15, -0.1) is 12.8 Å². The highest BCUT2D eigenvalue weighted by molar-refractivity contribution is 5.26. The van der Waals surface area contributed by atoms with E-state index >= 15 is 0 Å². The summed E-state index contributed by atoms with van der Waals surface area (Å²) < 4.78 is 0. The third kappa shape index (κ3) is 0.598. The Morgan fingerprint density at radius 3 is 1.40 bits per heavy atom. The van der Waals surface area contributed by atoms with Gasteiger partial charge in [-0.2, -0.15) is 0 Å². The fourth-order valence-corrected chi connectivity index (χ4v) is 1.34. The second-order valence-corrected chi connectivity index (χ2v) is 3.45. The SMILES string of the molecule is C#C[C@@]1(C)CC[C@@]1(C)C#C. The molecule has 0 heteroatoms. The summed E-state index contributed by atoms with van der Waals surface area (Å²) >= 11 is 0. The highest BCUT2D eigenvalue weighted by Gasteiger charge is 2.50. The van der Waals surface area contributed by atoms with E-state index in [1.165, 1.54) is 0 Å². The van der Waals surface area contributed by atoms with E-state index in [9.17, 15) is 0 Å². The Hall–Kier alpha value is -0.880. The molecule has 1 aliphatic rings. The molecule has 0 bridgehead atoms. The van der Waals surface area contributed by atoms with Crippen molar-refractivity contribution < 1.29 is 0 Å². The highest BCUT2D eigenvalue weighted by Crippen LogP contribution is 2.55. The molecular weight excluding hydrogens is 120 g/mol. The number of terminal acetylenes is 2. The van der Waals surface area contributed by atoms with Crippen molar-refractivity contribution in [3.05, 3.63) is 0 Å². The van der Waals surface area contributed by atoms with Gasteiger partial charge >= 0.3 is 0 Å². The zero-order chi connectivity index (χ0) is 7.83. The zero-order valence-electron chi connectivity index (χ0n) is 6.57. The smallest absolute Gasteiger partial charge is 0.0447 e. The molecule has 0 aromatic heterocycles. The van der Waals surface area contributed by atoms with Crippen LogP contribution in [0.5, 0.6) is 0 Å². The minimum Gasteiger partial charge on any atom is -0.119 e. The van der Waals surface area contributed by atoms with Gasteiger partial charge in [0, 0.05) is 10.8 Å². The predicted octanol–water partition coefficient (Wildman–Crippen LogP) is 2.06. The molecule has 1 saturated carbocycles. The monoisotopic (exact) mass is 132 g/mol. The molecule has 0 N–H and O–H groups in total. The van der Waals surface area contributed by atoms with Gasteiger partial charge in [-0.3, -0.25) is 0 Å². The van der Waals surface area contributed by atoms with Crippen molar-refractivity contribution in [3.8, 4) is 24.7 Å². The molecule has 10 heavy (non-hydrogen) atoms. The molecule has 0 radical (unpaired) electrons. The third-order valence-corrected chi connectivity index (χ3v) is 2.98. The minimum atomic E-state index is -0.0399. The molecular formula is C10H12. The van der Waals surface area contributed by atoms with Crippen LogP contribution in [0.2, 0.25) is 0 Å². The fourth-order valence-electron chi connectivity index (χ4n) is 1.34. The minimum absolute atomic E-state index is 0.0399. The van der Waals surface area contributed by atoms with E-state index in [0.717, 1.165) is 12.8 Å². The molecule has 0 amide bonds. The lowest BCUT2D eigenvalue weighted by Gasteiger charge is -2.49. The highest BCUT2D eigenvalue weighted by atomic mass is 14.5. The molecule has 0 saturated heterocycles. The van der Waals surface area contributed by atoms with Gasteiger partial charge < -0.3 is 0 Å². The third-order valence-electron chi connectivity index (χ3n) is 2.98. The van der Waals surface area contributed by atoms with Crippen LogP contribution in [-0.2, 0) is 0 Å². The maximum atomic E-state index is 5.37. The van der Waals surface area contributed by atoms with E-state index in [4.69, 9.17) is 12.8 Å². The second-order valence-electron chi connectivity index (χ2n) is 3.45. The van der Waals surface area contributed by atoms with Crippen molar-refractivity contribution in [2.45, 2.75) is 26.7 Å². The van der Waals surface area contributed by atoms with E-state index in [1.807, 2.05) is 0 Å². The lowest BCUT2D eigenvalue weighted by Crippen LogP contribution is -2.45. The number of hydrogen-bond acceptors (Lipinski definition) is 0. The first-order chi connectivity index (χ1) is 4.58. The average molecular weight is 132 g/mol. The quantitative estimate of drug-likeness (QED) is 0.442. The van der Waals surface area contributed by atoms with Crippen LogP contribution in [-0.4, -0.2) is 0 Å². The summed E-state index contributed by atoms with van der Waals surface area (Å²) in [5.74, 6) is 5.55. The van der Waals surface area contributed by atoms with E-state index in [0.29, 0.717) is 0 Å². The van der Waals surface area contributed by atoms with E-state index in [2.05, 4.69) is 25.7 Å². The Labute approximate surface area is 63.0 Å². The summed E-state index contributed by atoms with van der Waals surface area (Å²) in [6.45, 7) is 4.13. The van der Waals surface area contributed by atoms with Crippen LogP contribution >= 0.6 is 0 Å². The summed E-state index contributed by atoms with van der Waals surface area (Å²) in [6.07, 6.45) is 12.9. The molecule has 0 spiro atoms. The van der Waals surface area contributed by atoms with Crippen molar-refractivity contribution in [3.63, 3.8) is 0 Å². The van der Waals surface area contributed by atoms with Gasteiger partial charge in [0.05, 0.1) is 0 Å². The van der Waals surface area contributed by atoms with Crippen LogP contribution in [0.4, 0.5) is 0 Å². The van der Waals surface area contributed by atoms with Gasteiger partial charge in [-0.25, -0.2) is 0 Å². The number of hydrogen-bond donors (Lipinski definition) is 0. The lowest BCUT2D eigenvalue weighted by atomic mass is 9.52. The van der Waals surface area contributed by atoms with Crippen molar-refractivity contribution in [2.75, 3.05) is 0 Å². The van der Waals surface area contributed by atoms with Gasteiger partial charge in [0.1, 0.15) is 0 Å².